The molecule has 1 atom stereocenters. The van der Waals surface area contributed by atoms with Crippen LogP contribution in [0.2, 0.25) is 0 Å². The number of nitrogens with one attached hydrogen (secondary N) is 1. The van der Waals surface area contributed by atoms with Gasteiger partial charge in [0.2, 0.25) is 0 Å². The molecule has 1 amide bonds. The number of sulfonamides is 1. The van der Waals surface area contributed by atoms with Crippen LogP contribution in [-0.4, -0.2) is 29.8 Å². The van der Waals surface area contributed by atoms with Crippen molar-refractivity contribution in [3.8, 4) is 5.69 Å². The number of carbonyl (C=O) groups excluding carboxylic acids is 2. The van der Waals surface area contributed by atoms with E-state index < -0.39 is 22.2 Å². The number of carbonyl (C=O) groups is 2. The summed E-state index contributed by atoms with van der Waals surface area (Å²) in [4.78, 5) is 28.7. The van der Waals surface area contributed by atoms with Crippen molar-refractivity contribution in [3.05, 3.63) is 89.2 Å². The Labute approximate surface area is 210 Å². The number of fused-ring (bicyclic) bond motifs is 1. The molecule has 0 fully saturated rings. The van der Waals surface area contributed by atoms with E-state index in [2.05, 4.69) is 4.98 Å². The number of ketones is 1. The van der Waals surface area contributed by atoms with E-state index in [1.165, 1.54) is 19.1 Å². The normalized spacial score (nSPS) is 12.3. The Bertz CT molecular complexity index is 1540. The molecule has 0 aliphatic carbocycles. The van der Waals surface area contributed by atoms with Gasteiger partial charge in [-0.2, -0.15) is 0 Å². The van der Waals surface area contributed by atoms with Crippen LogP contribution in [-0.2, 0) is 21.2 Å². The zero-order valence-electron chi connectivity index (χ0n) is 20.5. The number of aryl methyl sites for hydroxylation is 2. The summed E-state index contributed by atoms with van der Waals surface area (Å²) in [6, 6.07) is 19.0. The first kappa shape index (κ1) is 25.1. The molecule has 0 aliphatic rings. The van der Waals surface area contributed by atoms with Gasteiger partial charge in [0.15, 0.2) is 5.78 Å². The van der Waals surface area contributed by atoms with Crippen LogP contribution >= 0.6 is 0 Å². The lowest BCUT2D eigenvalue weighted by Gasteiger charge is -2.16. The van der Waals surface area contributed by atoms with Crippen LogP contribution in [0.5, 0.6) is 0 Å². The highest BCUT2D eigenvalue weighted by Crippen LogP contribution is 2.25. The molecular weight excluding hydrogens is 478 g/mol. The molecule has 0 radical (unpaired) electrons. The predicted molar refractivity (Wildman–Crippen MR) is 137 cm³/mol. The lowest BCUT2D eigenvalue weighted by Crippen LogP contribution is -2.31. The first-order chi connectivity index (χ1) is 17.1. The van der Waals surface area contributed by atoms with Crippen molar-refractivity contribution in [1.82, 2.24) is 14.3 Å². The molecule has 3 aromatic carbocycles. The summed E-state index contributed by atoms with van der Waals surface area (Å²) < 4.78 is 34.2. The lowest BCUT2D eigenvalue weighted by molar-refractivity contribution is 0.101. The summed E-state index contributed by atoms with van der Waals surface area (Å²) in [6.07, 6.45) is -1.04. The van der Waals surface area contributed by atoms with Crippen molar-refractivity contribution < 1.29 is 22.7 Å². The van der Waals surface area contributed by atoms with Gasteiger partial charge in [0, 0.05) is 17.7 Å². The van der Waals surface area contributed by atoms with E-state index in [4.69, 9.17) is 4.74 Å². The Morgan fingerprint density at radius 3 is 2.31 bits per heavy atom. The monoisotopic (exact) mass is 505 g/mol. The quantitative estimate of drug-likeness (QED) is 0.343. The van der Waals surface area contributed by atoms with Crippen molar-refractivity contribution in [1.29, 1.82) is 0 Å². The molecule has 0 saturated heterocycles. The molecule has 186 valence electrons. The maximum absolute atomic E-state index is 12.4. The third-order valence-corrected chi connectivity index (χ3v) is 7.23. The lowest BCUT2D eigenvalue weighted by atomic mass is 10.1. The highest BCUT2D eigenvalue weighted by atomic mass is 32.2. The number of benzene rings is 3. The van der Waals surface area contributed by atoms with Crippen LogP contribution in [0.4, 0.5) is 4.79 Å². The molecule has 8 nitrogen and oxygen atoms in total. The van der Waals surface area contributed by atoms with Gasteiger partial charge in [-0.1, -0.05) is 36.8 Å². The molecule has 36 heavy (non-hydrogen) atoms. The van der Waals surface area contributed by atoms with Gasteiger partial charge in [-0.05, 0) is 68.8 Å². The van der Waals surface area contributed by atoms with Gasteiger partial charge in [-0.25, -0.2) is 22.9 Å². The average Bonchev–Trinajstić information content (AvgIpc) is 3.21. The minimum Gasteiger partial charge on any atom is -0.441 e. The molecule has 1 unspecified atom stereocenters. The number of amides is 1. The molecule has 1 aromatic heterocycles. The van der Waals surface area contributed by atoms with E-state index in [1.54, 1.807) is 31.2 Å². The second-order valence-corrected chi connectivity index (χ2v) is 10.2. The Morgan fingerprint density at radius 1 is 1.03 bits per heavy atom. The smallest absolute Gasteiger partial charge is 0.421 e. The van der Waals surface area contributed by atoms with Gasteiger partial charge >= 0.3 is 6.09 Å². The third-order valence-electron chi connectivity index (χ3n) is 5.90. The second-order valence-electron chi connectivity index (χ2n) is 8.53. The fourth-order valence-corrected chi connectivity index (χ4v) is 4.79. The van der Waals surface area contributed by atoms with E-state index in [1.807, 2.05) is 53.5 Å². The summed E-state index contributed by atoms with van der Waals surface area (Å²) in [5.41, 5.74) is 4.71. The fraction of sp³-hybridized carbons (Fsp3) is 0.222. The Hall–Kier alpha value is -3.98. The average molecular weight is 506 g/mol. The molecular formula is C27H27N3O5S. The highest BCUT2D eigenvalue weighted by Gasteiger charge is 2.21. The Kier molecular flexibility index (Phi) is 6.94. The number of aromatic nitrogens is 2. The summed E-state index contributed by atoms with van der Waals surface area (Å²) in [6.45, 7) is 7.05. The first-order valence-electron chi connectivity index (χ1n) is 11.5. The van der Waals surface area contributed by atoms with Gasteiger partial charge in [0.1, 0.15) is 11.9 Å². The zero-order valence-corrected chi connectivity index (χ0v) is 21.3. The number of nitrogens with zero attached hydrogens (tertiary/aromatic N) is 2. The largest absolute Gasteiger partial charge is 0.441 e. The second kappa shape index (κ2) is 9.94. The molecule has 4 aromatic rings. The molecule has 9 heteroatoms. The van der Waals surface area contributed by atoms with Crippen LogP contribution in [0.1, 0.15) is 54.2 Å². The maximum atomic E-state index is 12.4. The predicted octanol–water partition coefficient (Wildman–Crippen LogP) is 5.28. The third kappa shape index (κ3) is 5.16. The highest BCUT2D eigenvalue weighted by molar-refractivity contribution is 7.90. The maximum Gasteiger partial charge on any atom is 0.421 e. The summed E-state index contributed by atoms with van der Waals surface area (Å²) >= 11 is 0. The van der Waals surface area contributed by atoms with E-state index in [-0.39, 0.29) is 10.7 Å². The Balaban J connectivity index is 1.51. The first-order valence-corrected chi connectivity index (χ1v) is 13.0. The Morgan fingerprint density at radius 2 is 1.69 bits per heavy atom. The summed E-state index contributed by atoms with van der Waals surface area (Å²) in [5, 5.41) is 0. The molecule has 0 bridgehead atoms. The van der Waals surface area contributed by atoms with Crippen LogP contribution < -0.4 is 4.72 Å². The minimum absolute atomic E-state index is 0.0152. The fourth-order valence-electron chi connectivity index (χ4n) is 3.91. The van der Waals surface area contributed by atoms with Crippen molar-refractivity contribution in [3.63, 3.8) is 0 Å². The van der Waals surface area contributed by atoms with Gasteiger partial charge in [-0.15, -0.1) is 0 Å². The van der Waals surface area contributed by atoms with Gasteiger partial charge in [0.25, 0.3) is 10.0 Å². The SMILES string of the molecule is CCc1nc2cc(C(C)=O)ccc2n1-c1ccc(C(C)OC(=O)NS(=O)(=O)c2ccc(C)cc2)cc1. The van der Waals surface area contributed by atoms with Gasteiger partial charge in [-0.3, -0.25) is 9.36 Å². The molecule has 0 saturated carbocycles. The van der Waals surface area contributed by atoms with Crippen molar-refractivity contribution >= 4 is 32.9 Å². The number of rotatable bonds is 7. The molecule has 1 heterocycles. The van der Waals surface area contributed by atoms with E-state index in [0.717, 1.165) is 28.1 Å². The van der Waals surface area contributed by atoms with Crippen molar-refractivity contribution in [2.24, 2.45) is 0 Å². The number of ether oxygens (including phenoxy) is 1. The number of imidazole rings is 1. The van der Waals surface area contributed by atoms with Crippen LogP contribution in [0.15, 0.2) is 71.6 Å². The molecule has 1 N–H and O–H groups in total. The van der Waals surface area contributed by atoms with E-state index in [0.29, 0.717) is 17.5 Å². The van der Waals surface area contributed by atoms with Gasteiger partial charge in [0.05, 0.1) is 15.9 Å². The van der Waals surface area contributed by atoms with Crippen LogP contribution in [0.3, 0.4) is 0 Å². The van der Waals surface area contributed by atoms with Gasteiger partial charge < -0.3 is 4.74 Å². The van der Waals surface area contributed by atoms with Crippen LogP contribution in [0.25, 0.3) is 16.7 Å². The number of hydrogen-bond donors (Lipinski definition) is 1. The number of hydrogen-bond acceptors (Lipinski definition) is 6. The van der Waals surface area contributed by atoms with E-state index in [9.17, 15) is 18.0 Å². The van der Waals surface area contributed by atoms with E-state index >= 15 is 0 Å². The standard InChI is InChI=1S/C27H27N3O5S/c1-5-26-28-24-16-21(18(3)31)10-15-25(24)30(26)22-11-8-20(9-12-22)19(4)35-27(32)29-36(33,34)23-13-6-17(2)7-14-23/h6-16,19H,5H2,1-4H3,(H,29,32). The van der Waals surface area contributed by atoms with Crippen molar-refractivity contribution in [2.75, 3.05) is 0 Å². The topological polar surface area (TPSA) is 107 Å². The summed E-state index contributed by atoms with van der Waals surface area (Å²) in [7, 11) is -4.03. The summed E-state index contributed by atoms with van der Waals surface area (Å²) in [5.74, 6) is 0.835. The minimum atomic E-state index is -4.03. The van der Waals surface area contributed by atoms with Crippen molar-refractivity contribution in [2.45, 2.75) is 45.1 Å². The molecule has 4 rings (SSSR count). The molecule has 0 aliphatic heterocycles. The number of Topliss-reactive ketones (excluding diaryl/α,β-unsaturated/α-hetero) is 1. The van der Waals surface area contributed by atoms with Crippen LogP contribution in [0, 0.1) is 6.92 Å². The zero-order chi connectivity index (χ0) is 26.0. The molecule has 0 spiro atoms.